The number of nitrogens with zero attached hydrogens (tertiary/aromatic N) is 2. The van der Waals surface area contributed by atoms with Crippen molar-refractivity contribution in [1.29, 1.82) is 0 Å². The van der Waals surface area contributed by atoms with Crippen LogP contribution in [0, 0.1) is 6.92 Å². The molecule has 1 aliphatic carbocycles. The fraction of sp³-hybridized carbons (Fsp3) is 0.300. The molecule has 2 aromatic carbocycles. The number of aryl methyl sites for hydroxylation is 3. The Bertz CT molecular complexity index is 974. The van der Waals surface area contributed by atoms with Crippen LogP contribution in [0.2, 0.25) is 0 Å². The average Bonchev–Trinajstić information content (AvgIpc) is 3.16. The van der Waals surface area contributed by atoms with Crippen LogP contribution in [0.3, 0.4) is 0 Å². The van der Waals surface area contributed by atoms with Crippen molar-refractivity contribution in [3.8, 4) is 5.75 Å². The zero-order valence-corrected chi connectivity index (χ0v) is 14.4. The highest BCUT2D eigenvalue weighted by Crippen LogP contribution is 2.38. The fourth-order valence-corrected chi connectivity index (χ4v) is 3.89. The van der Waals surface area contributed by atoms with Gasteiger partial charge < -0.3 is 15.0 Å². The van der Waals surface area contributed by atoms with Crippen LogP contribution >= 0.6 is 0 Å². The van der Waals surface area contributed by atoms with Crippen LogP contribution < -0.4 is 5.32 Å². The number of carbonyl (C=O) groups excluding carboxylic acids is 1. The van der Waals surface area contributed by atoms with Crippen LogP contribution in [0.15, 0.2) is 36.4 Å². The van der Waals surface area contributed by atoms with Crippen molar-refractivity contribution >= 4 is 16.9 Å². The summed E-state index contributed by atoms with van der Waals surface area (Å²) < 4.78 is 2.03. The number of rotatable bonds is 3. The second-order valence-electron chi connectivity index (χ2n) is 6.69. The average molecular weight is 335 g/mol. The van der Waals surface area contributed by atoms with Gasteiger partial charge in [-0.3, -0.25) is 4.79 Å². The third kappa shape index (κ3) is 2.56. The van der Waals surface area contributed by atoms with E-state index in [1.807, 2.05) is 35.9 Å². The van der Waals surface area contributed by atoms with Crippen molar-refractivity contribution < 1.29 is 9.90 Å². The number of fused-ring (bicyclic) bond motifs is 2. The first kappa shape index (κ1) is 15.7. The quantitative estimate of drug-likeness (QED) is 0.773. The number of phenolic OH excluding ortho intramolecular Hbond substituents is 1. The summed E-state index contributed by atoms with van der Waals surface area (Å²) in [6.45, 7) is 2.44. The molecule has 0 aliphatic heterocycles. The van der Waals surface area contributed by atoms with Crippen LogP contribution in [-0.2, 0) is 24.8 Å². The molecule has 1 aliphatic rings. The monoisotopic (exact) mass is 335 g/mol. The largest absolute Gasteiger partial charge is 0.508 e. The molecular formula is C20H21N3O2. The maximum absolute atomic E-state index is 12.7. The highest BCUT2D eigenvalue weighted by molar-refractivity contribution is 5.86. The van der Waals surface area contributed by atoms with Gasteiger partial charge in [-0.25, -0.2) is 4.98 Å². The molecule has 25 heavy (non-hydrogen) atoms. The number of aromatic nitrogens is 2. The molecule has 3 aromatic rings. The molecule has 2 N–H and O–H groups in total. The van der Waals surface area contributed by atoms with E-state index in [0.29, 0.717) is 6.54 Å². The predicted octanol–water partition coefficient (Wildman–Crippen LogP) is 2.93. The Balaban J connectivity index is 1.54. The summed E-state index contributed by atoms with van der Waals surface area (Å²) in [7, 11) is 1.97. The lowest BCUT2D eigenvalue weighted by atomic mass is 9.99. The Kier molecular flexibility index (Phi) is 3.71. The second-order valence-corrected chi connectivity index (χ2v) is 6.69. The molecule has 1 aromatic heterocycles. The van der Waals surface area contributed by atoms with Gasteiger partial charge in [-0.1, -0.05) is 24.3 Å². The summed E-state index contributed by atoms with van der Waals surface area (Å²) in [6.07, 6.45) is 1.56. The van der Waals surface area contributed by atoms with Gasteiger partial charge in [-0.15, -0.1) is 0 Å². The maximum atomic E-state index is 12.7. The number of aromatic hydroxyl groups is 1. The van der Waals surface area contributed by atoms with Gasteiger partial charge >= 0.3 is 0 Å². The summed E-state index contributed by atoms with van der Waals surface area (Å²) >= 11 is 0. The number of hydrogen-bond donors (Lipinski definition) is 2. The number of amides is 1. The van der Waals surface area contributed by atoms with Gasteiger partial charge in [0, 0.05) is 12.6 Å². The maximum Gasteiger partial charge on any atom is 0.228 e. The molecule has 1 unspecified atom stereocenters. The minimum Gasteiger partial charge on any atom is -0.508 e. The Hall–Kier alpha value is -2.82. The fourth-order valence-electron chi connectivity index (χ4n) is 3.89. The summed E-state index contributed by atoms with van der Waals surface area (Å²) in [5.74, 6) is 0.707. The van der Waals surface area contributed by atoms with Gasteiger partial charge in [-0.2, -0.15) is 0 Å². The number of para-hydroxylation sites is 1. The second kappa shape index (κ2) is 5.92. The number of phenols is 1. The van der Waals surface area contributed by atoms with Gasteiger partial charge in [0.05, 0.1) is 23.5 Å². The summed E-state index contributed by atoms with van der Waals surface area (Å²) in [4.78, 5) is 17.3. The van der Waals surface area contributed by atoms with Gasteiger partial charge in [0.2, 0.25) is 5.91 Å². The van der Waals surface area contributed by atoms with Crippen molar-refractivity contribution in [2.45, 2.75) is 32.2 Å². The first-order chi connectivity index (χ1) is 12.1. The van der Waals surface area contributed by atoms with Gasteiger partial charge in [0.25, 0.3) is 0 Å². The minimum atomic E-state index is -0.285. The standard InChI is InChI=1S/C20H21N3O2/c1-12-5-3-7-15-19(12)23(2)17(22-15)11-21-20(25)14-10-9-13-6-4-8-16(24)18(13)14/h3-8,14,24H,9-11H2,1-2H3,(H,21,25). The summed E-state index contributed by atoms with van der Waals surface area (Å²) in [5.41, 5.74) is 5.05. The molecule has 128 valence electrons. The normalized spacial score (nSPS) is 16.2. The van der Waals surface area contributed by atoms with Crippen LogP contribution in [0.25, 0.3) is 11.0 Å². The molecule has 1 heterocycles. The van der Waals surface area contributed by atoms with Crippen molar-refractivity contribution in [3.63, 3.8) is 0 Å². The number of nitrogens with one attached hydrogen (secondary N) is 1. The highest BCUT2D eigenvalue weighted by Gasteiger charge is 2.31. The van der Waals surface area contributed by atoms with Gasteiger partial charge in [-0.05, 0) is 43.0 Å². The van der Waals surface area contributed by atoms with Crippen molar-refractivity contribution in [2.24, 2.45) is 7.05 Å². The molecule has 1 atom stereocenters. The van der Waals surface area contributed by atoms with E-state index in [4.69, 9.17) is 0 Å². The Morgan fingerprint density at radius 1 is 1.32 bits per heavy atom. The SMILES string of the molecule is Cc1cccc2nc(CNC(=O)C3CCc4cccc(O)c43)n(C)c12. The third-order valence-corrected chi connectivity index (χ3v) is 5.15. The Labute approximate surface area is 146 Å². The molecule has 5 heteroatoms. The first-order valence-corrected chi connectivity index (χ1v) is 8.55. The first-order valence-electron chi connectivity index (χ1n) is 8.55. The highest BCUT2D eigenvalue weighted by atomic mass is 16.3. The molecule has 0 radical (unpaired) electrons. The Morgan fingerprint density at radius 3 is 2.92 bits per heavy atom. The lowest BCUT2D eigenvalue weighted by Gasteiger charge is -2.13. The minimum absolute atomic E-state index is 0.0518. The van der Waals surface area contributed by atoms with Gasteiger partial charge in [0.1, 0.15) is 11.6 Å². The van der Waals surface area contributed by atoms with E-state index >= 15 is 0 Å². The van der Waals surface area contributed by atoms with E-state index in [2.05, 4.69) is 23.3 Å². The number of hydrogen-bond acceptors (Lipinski definition) is 3. The van der Waals surface area contributed by atoms with Crippen LogP contribution in [-0.4, -0.2) is 20.6 Å². The summed E-state index contributed by atoms with van der Waals surface area (Å²) in [6, 6.07) is 11.5. The van der Waals surface area contributed by atoms with Crippen molar-refractivity contribution in [1.82, 2.24) is 14.9 Å². The topological polar surface area (TPSA) is 67.2 Å². The molecule has 0 bridgehead atoms. The molecule has 4 rings (SSSR count). The lowest BCUT2D eigenvalue weighted by Crippen LogP contribution is -2.29. The number of carbonyl (C=O) groups is 1. The van der Waals surface area contributed by atoms with E-state index in [0.717, 1.165) is 40.8 Å². The molecule has 5 nitrogen and oxygen atoms in total. The van der Waals surface area contributed by atoms with E-state index in [-0.39, 0.29) is 17.6 Å². The number of benzene rings is 2. The Morgan fingerprint density at radius 2 is 2.12 bits per heavy atom. The zero-order chi connectivity index (χ0) is 17.6. The van der Waals surface area contributed by atoms with Crippen LogP contribution in [0.1, 0.15) is 34.9 Å². The zero-order valence-electron chi connectivity index (χ0n) is 14.4. The molecule has 0 saturated heterocycles. The predicted molar refractivity (Wildman–Crippen MR) is 96.5 cm³/mol. The van der Waals surface area contributed by atoms with Crippen molar-refractivity contribution in [3.05, 3.63) is 58.9 Å². The molecular weight excluding hydrogens is 314 g/mol. The van der Waals surface area contributed by atoms with Crippen LogP contribution in [0.5, 0.6) is 5.75 Å². The molecule has 0 fully saturated rings. The van der Waals surface area contributed by atoms with Gasteiger partial charge in [0.15, 0.2) is 0 Å². The van der Waals surface area contributed by atoms with Crippen LogP contribution in [0.4, 0.5) is 0 Å². The number of imidazole rings is 1. The van der Waals surface area contributed by atoms with Crippen molar-refractivity contribution in [2.75, 3.05) is 0 Å². The molecule has 1 amide bonds. The molecule has 0 spiro atoms. The van der Waals surface area contributed by atoms with E-state index < -0.39 is 0 Å². The van der Waals surface area contributed by atoms with E-state index in [9.17, 15) is 9.90 Å². The smallest absolute Gasteiger partial charge is 0.228 e. The third-order valence-electron chi connectivity index (χ3n) is 5.15. The molecule has 0 saturated carbocycles. The van der Waals surface area contributed by atoms with E-state index in [1.165, 1.54) is 5.56 Å². The summed E-state index contributed by atoms with van der Waals surface area (Å²) in [5, 5.41) is 13.1. The lowest BCUT2D eigenvalue weighted by molar-refractivity contribution is -0.122. The van der Waals surface area contributed by atoms with E-state index in [1.54, 1.807) is 6.07 Å².